The molecule has 1 aliphatic rings. The Kier molecular flexibility index (Phi) is 16.8. The lowest BCUT2D eigenvalue weighted by Crippen LogP contribution is -2.64. The second-order valence-corrected chi connectivity index (χ2v) is 36.2. The van der Waals surface area contributed by atoms with Gasteiger partial charge in [-0.2, -0.15) is 0 Å². The van der Waals surface area contributed by atoms with E-state index in [2.05, 4.69) is 107 Å². The standard InChI is InChI=1S/C40H81NO10Si3/c1-35(2,3)47-32(43)23-28(34(44)48-36(4,5)6)41-31(42)26-46-27-40(45-16)24-29(49-52(17,18)37(7,8)9)33(51-54(21,22)39(13,14)15)30(25-40)50-53(19,20)38(10,11)12/h28-30,33H,23-27H2,1-22H3,(H,41,42)/t28-,29?,30?,33?,40?/m0/s1. The largest absolute Gasteiger partial charge is 0.460 e. The lowest BCUT2D eigenvalue weighted by Gasteiger charge is -2.54. The van der Waals surface area contributed by atoms with E-state index in [1.807, 2.05) is 0 Å². The second-order valence-electron chi connectivity index (χ2n) is 21.9. The van der Waals surface area contributed by atoms with Crippen LogP contribution in [0.3, 0.4) is 0 Å². The molecular weight excluding hydrogens is 739 g/mol. The summed E-state index contributed by atoms with van der Waals surface area (Å²) in [6.07, 6.45) is -0.462. The highest BCUT2D eigenvalue weighted by molar-refractivity contribution is 6.75. The van der Waals surface area contributed by atoms with Crippen LogP contribution in [0.1, 0.15) is 123 Å². The fraction of sp³-hybridized carbons (Fsp3) is 0.925. The van der Waals surface area contributed by atoms with Crippen LogP contribution in [0.25, 0.3) is 0 Å². The lowest BCUT2D eigenvalue weighted by atomic mass is 9.80. The van der Waals surface area contributed by atoms with Crippen molar-refractivity contribution in [3.8, 4) is 0 Å². The summed E-state index contributed by atoms with van der Waals surface area (Å²) in [5.41, 5.74) is -2.45. The SMILES string of the molecule is COC1(COCC(=O)N[C@@H](CC(=O)OC(C)(C)C)C(=O)OC(C)(C)C)CC(O[Si](C)(C)C(C)(C)C)C(O[Si](C)(C)C(C)(C)C)C(O[Si](C)(C)C(C)(C)C)C1. The molecule has 1 amide bonds. The zero-order valence-electron chi connectivity index (χ0n) is 38.4. The Labute approximate surface area is 332 Å². The maximum absolute atomic E-state index is 13.4. The van der Waals surface area contributed by atoms with Gasteiger partial charge in [-0.05, 0) is 95.9 Å². The van der Waals surface area contributed by atoms with Crippen molar-refractivity contribution in [2.24, 2.45) is 0 Å². The monoisotopic (exact) mass is 820 g/mol. The molecule has 54 heavy (non-hydrogen) atoms. The van der Waals surface area contributed by atoms with Crippen LogP contribution in [-0.2, 0) is 46.6 Å². The molecule has 0 aliphatic heterocycles. The Morgan fingerprint density at radius 1 is 0.648 bits per heavy atom. The van der Waals surface area contributed by atoms with Gasteiger partial charge in [0.25, 0.3) is 0 Å². The van der Waals surface area contributed by atoms with E-state index in [0.29, 0.717) is 12.8 Å². The van der Waals surface area contributed by atoms with Crippen molar-refractivity contribution in [2.75, 3.05) is 20.3 Å². The van der Waals surface area contributed by atoms with Crippen molar-refractivity contribution in [2.45, 2.75) is 219 Å². The number of hydrogen-bond acceptors (Lipinski definition) is 10. The molecule has 2 unspecified atom stereocenters. The van der Waals surface area contributed by atoms with E-state index in [-0.39, 0.29) is 53.1 Å². The zero-order valence-corrected chi connectivity index (χ0v) is 41.4. The van der Waals surface area contributed by atoms with Crippen LogP contribution < -0.4 is 5.32 Å². The highest BCUT2D eigenvalue weighted by Gasteiger charge is 2.55. The summed E-state index contributed by atoms with van der Waals surface area (Å²) >= 11 is 0. The van der Waals surface area contributed by atoms with Crippen molar-refractivity contribution in [3.05, 3.63) is 0 Å². The van der Waals surface area contributed by atoms with E-state index in [9.17, 15) is 14.4 Å². The summed E-state index contributed by atoms with van der Waals surface area (Å²) in [6.45, 7) is 43.8. The molecule has 1 aliphatic carbocycles. The van der Waals surface area contributed by atoms with Crippen LogP contribution in [0.2, 0.25) is 54.4 Å². The van der Waals surface area contributed by atoms with Crippen molar-refractivity contribution >= 4 is 42.8 Å². The maximum Gasteiger partial charge on any atom is 0.329 e. The first-order valence-electron chi connectivity index (χ1n) is 19.7. The summed E-state index contributed by atoms with van der Waals surface area (Å²) in [4.78, 5) is 39.2. The average molecular weight is 820 g/mol. The smallest absolute Gasteiger partial charge is 0.329 e. The summed E-state index contributed by atoms with van der Waals surface area (Å²) in [5.74, 6) is -1.93. The Hall–Kier alpha value is -1.14. The Morgan fingerprint density at radius 2 is 1.04 bits per heavy atom. The molecule has 1 N–H and O–H groups in total. The number of hydrogen-bond donors (Lipinski definition) is 1. The Bertz CT molecular complexity index is 1230. The molecule has 0 radical (unpaired) electrons. The van der Waals surface area contributed by atoms with E-state index in [1.165, 1.54) is 0 Å². The normalized spacial score (nSPS) is 23.1. The fourth-order valence-corrected chi connectivity index (χ4v) is 9.30. The highest BCUT2D eigenvalue weighted by Crippen LogP contribution is 2.48. The molecule has 0 aromatic carbocycles. The fourth-order valence-electron chi connectivity index (χ4n) is 5.31. The quantitative estimate of drug-likeness (QED) is 0.126. The van der Waals surface area contributed by atoms with Crippen LogP contribution in [-0.4, -0.2) is 104 Å². The van der Waals surface area contributed by atoms with Gasteiger partial charge in [0.1, 0.15) is 23.9 Å². The van der Waals surface area contributed by atoms with E-state index in [4.69, 9.17) is 32.2 Å². The van der Waals surface area contributed by atoms with Gasteiger partial charge < -0.3 is 37.5 Å². The van der Waals surface area contributed by atoms with E-state index in [1.54, 1.807) is 48.7 Å². The molecule has 0 aromatic rings. The molecule has 0 bridgehead atoms. The zero-order chi connectivity index (χ0) is 42.7. The lowest BCUT2D eigenvalue weighted by molar-refractivity contribution is -0.176. The molecule has 14 heteroatoms. The highest BCUT2D eigenvalue weighted by atomic mass is 28.4. The molecule has 3 atom stereocenters. The molecule has 1 rings (SSSR count). The topological polar surface area (TPSA) is 128 Å². The Morgan fingerprint density at radius 3 is 1.39 bits per heavy atom. The number of ether oxygens (including phenoxy) is 4. The first-order chi connectivity index (χ1) is 23.8. The van der Waals surface area contributed by atoms with Crippen molar-refractivity contribution in [1.29, 1.82) is 0 Å². The Balaban J connectivity index is 3.55. The van der Waals surface area contributed by atoms with Crippen LogP contribution in [0.15, 0.2) is 0 Å². The maximum atomic E-state index is 13.4. The molecule has 11 nitrogen and oxygen atoms in total. The molecule has 0 spiro atoms. The van der Waals surface area contributed by atoms with Crippen LogP contribution >= 0.6 is 0 Å². The molecule has 0 heterocycles. The average Bonchev–Trinajstić information content (AvgIpc) is 2.90. The van der Waals surface area contributed by atoms with Crippen molar-refractivity contribution in [3.63, 3.8) is 0 Å². The number of rotatable bonds is 15. The summed E-state index contributed by atoms with van der Waals surface area (Å²) in [5, 5.41) is 2.49. The minimum absolute atomic E-state index is 0.0387. The third-order valence-corrected chi connectivity index (χ3v) is 25.0. The number of carbonyl (C=O) groups excluding carboxylic acids is 3. The number of amides is 1. The molecule has 1 saturated carbocycles. The van der Waals surface area contributed by atoms with Gasteiger partial charge in [-0.1, -0.05) is 62.3 Å². The van der Waals surface area contributed by atoms with Gasteiger partial charge in [0, 0.05) is 20.0 Å². The first kappa shape index (κ1) is 50.9. The van der Waals surface area contributed by atoms with Gasteiger partial charge in [0.05, 0.1) is 36.9 Å². The third-order valence-electron chi connectivity index (χ3n) is 11.5. The summed E-state index contributed by atoms with van der Waals surface area (Å²) < 4.78 is 45.4. The van der Waals surface area contributed by atoms with Crippen LogP contribution in [0.5, 0.6) is 0 Å². The predicted octanol–water partition coefficient (Wildman–Crippen LogP) is 8.91. The van der Waals surface area contributed by atoms with Gasteiger partial charge in [0.2, 0.25) is 5.91 Å². The van der Waals surface area contributed by atoms with E-state index in [0.717, 1.165) is 0 Å². The minimum atomic E-state index is -2.33. The van der Waals surface area contributed by atoms with Crippen molar-refractivity contribution in [1.82, 2.24) is 5.32 Å². The second kappa shape index (κ2) is 17.8. The number of carbonyl (C=O) groups is 3. The van der Waals surface area contributed by atoms with Gasteiger partial charge in [0.15, 0.2) is 25.0 Å². The number of methoxy groups -OCH3 is 1. The minimum Gasteiger partial charge on any atom is -0.460 e. The predicted molar refractivity (Wildman–Crippen MR) is 224 cm³/mol. The number of nitrogens with one attached hydrogen (secondary N) is 1. The van der Waals surface area contributed by atoms with Gasteiger partial charge in [-0.15, -0.1) is 0 Å². The van der Waals surface area contributed by atoms with Gasteiger partial charge in [-0.3, -0.25) is 9.59 Å². The van der Waals surface area contributed by atoms with E-state index >= 15 is 0 Å². The first-order valence-corrected chi connectivity index (χ1v) is 28.4. The molecule has 318 valence electrons. The third kappa shape index (κ3) is 15.3. The van der Waals surface area contributed by atoms with Gasteiger partial charge >= 0.3 is 11.9 Å². The van der Waals surface area contributed by atoms with Crippen LogP contribution in [0.4, 0.5) is 0 Å². The summed E-state index contributed by atoms with van der Waals surface area (Å²) in [6, 6.07) is -1.25. The molecule has 0 aromatic heterocycles. The van der Waals surface area contributed by atoms with Crippen LogP contribution in [0, 0.1) is 0 Å². The van der Waals surface area contributed by atoms with Crippen molar-refractivity contribution < 1.29 is 46.6 Å². The van der Waals surface area contributed by atoms with E-state index < -0.39 is 65.6 Å². The van der Waals surface area contributed by atoms with Gasteiger partial charge in [-0.25, -0.2) is 4.79 Å². The molecule has 1 fully saturated rings. The number of esters is 2. The molecule has 0 saturated heterocycles. The molecular formula is C40H81NO10Si3. The summed E-state index contributed by atoms with van der Waals surface area (Å²) in [7, 11) is -5.30.